The number of rotatable bonds is 10. The van der Waals surface area contributed by atoms with Gasteiger partial charge in [-0.15, -0.1) is 0 Å². The fourth-order valence-electron chi connectivity index (χ4n) is 2.27. The number of amides is 1. The second kappa shape index (κ2) is 11.0. The summed E-state index contributed by atoms with van der Waals surface area (Å²) >= 11 is 0. The van der Waals surface area contributed by atoms with Gasteiger partial charge in [0.25, 0.3) is 0 Å². The van der Waals surface area contributed by atoms with Crippen molar-refractivity contribution in [2.45, 2.75) is 27.7 Å². The Bertz CT molecular complexity index is 612. The van der Waals surface area contributed by atoms with Crippen LogP contribution in [0, 0.1) is 0 Å². The number of ether oxygens (including phenoxy) is 3. The molecular weight excluding hydrogens is 340 g/mol. The van der Waals surface area contributed by atoms with Crippen LogP contribution in [0.4, 0.5) is 11.4 Å². The molecule has 1 rings (SSSR count). The molecule has 1 aromatic carbocycles. The van der Waals surface area contributed by atoms with Crippen LogP contribution in [0.2, 0.25) is 0 Å². The lowest BCUT2D eigenvalue weighted by atomic mass is 10.2. The lowest BCUT2D eigenvalue weighted by Crippen LogP contribution is -2.32. The molecule has 0 aliphatic carbocycles. The molecule has 0 heterocycles. The third-order valence-corrected chi connectivity index (χ3v) is 3.25. The van der Waals surface area contributed by atoms with E-state index in [1.807, 2.05) is 11.8 Å². The minimum atomic E-state index is -0.373. The first-order chi connectivity index (χ1) is 12.3. The Balaban J connectivity index is 3.05. The van der Waals surface area contributed by atoms with Crippen molar-refractivity contribution in [3.05, 3.63) is 18.2 Å². The van der Waals surface area contributed by atoms with Crippen molar-refractivity contribution in [1.82, 2.24) is 0 Å². The Morgan fingerprint density at radius 2 is 1.58 bits per heavy atom. The van der Waals surface area contributed by atoms with Crippen LogP contribution in [0.15, 0.2) is 18.2 Å². The van der Waals surface area contributed by atoms with Gasteiger partial charge < -0.3 is 24.4 Å². The zero-order valence-electron chi connectivity index (χ0n) is 15.7. The van der Waals surface area contributed by atoms with Gasteiger partial charge in [-0.25, -0.2) is 0 Å². The second-order valence-corrected chi connectivity index (χ2v) is 5.46. The standard InChI is InChI=1S/C18H26N2O6/c1-5-24-18-7-6-16(19-13(2)21)12-17(18)20(8-10-25-14(3)22)9-11-26-15(4)23/h6-7,12H,5,8-11H2,1-4H3,(H,19,21). The van der Waals surface area contributed by atoms with E-state index in [-0.39, 0.29) is 31.1 Å². The molecule has 0 radical (unpaired) electrons. The van der Waals surface area contributed by atoms with Crippen molar-refractivity contribution < 1.29 is 28.6 Å². The predicted octanol–water partition coefficient (Wildman–Crippen LogP) is 1.98. The van der Waals surface area contributed by atoms with Crippen LogP contribution >= 0.6 is 0 Å². The summed E-state index contributed by atoms with van der Waals surface area (Å²) in [5, 5.41) is 2.73. The zero-order valence-corrected chi connectivity index (χ0v) is 15.7. The van der Waals surface area contributed by atoms with Crippen LogP contribution in [-0.4, -0.2) is 50.8 Å². The Morgan fingerprint density at radius 3 is 2.04 bits per heavy atom. The fourth-order valence-corrected chi connectivity index (χ4v) is 2.27. The normalized spacial score (nSPS) is 10.0. The molecule has 1 N–H and O–H groups in total. The molecule has 1 amide bonds. The molecule has 0 aliphatic rings. The molecule has 144 valence electrons. The maximum Gasteiger partial charge on any atom is 0.302 e. The van der Waals surface area contributed by atoms with Crippen molar-refractivity contribution in [2.24, 2.45) is 0 Å². The molecule has 0 unspecified atom stereocenters. The topological polar surface area (TPSA) is 94.2 Å². The lowest BCUT2D eigenvalue weighted by molar-refractivity contribution is -0.141. The average Bonchev–Trinajstić information content (AvgIpc) is 2.54. The molecule has 0 saturated carbocycles. The van der Waals surface area contributed by atoms with Gasteiger partial charge in [0.1, 0.15) is 19.0 Å². The van der Waals surface area contributed by atoms with Gasteiger partial charge in [-0.05, 0) is 25.1 Å². The molecule has 0 aromatic heterocycles. The van der Waals surface area contributed by atoms with E-state index in [1.54, 1.807) is 18.2 Å². The molecule has 0 aliphatic heterocycles. The van der Waals surface area contributed by atoms with E-state index in [0.29, 0.717) is 36.8 Å². The van der Waals surface area contributed by atoms with Crippen molar-refractivity contribution in [2.75, 3.05) is 43.1 Å². The van der Waals surface area contributed by atoms with Gasteiger partial charge in [0.05, 0.1) is 25.4 Å². The molecular formula is C18H26N2O6. The first-order valence-corrected chi connectivity index (χ1v) is 8.39. The van der Waals surface area contributed by atoms with Crippen molar-refractivity contribution >= 4 is 29.2 Å². The van der Waals surface area contributed by atoms with E-state index in [2.05, 4.69) is 5.32 Å². The van der Waals surface area contributed by atoms with Crippen LogP contribution in [-0.2, 0) is 23.9 Å². The molecule has 0 bridgehead atoms. The second-order valence-electron chi connectivity index (χ2n) is 5.46. The maximum absolute atomic E-state index is 11.3. The van der Waals surface area contributed by atoms with Crippen molar-refractivity contribution in [3.8, 4) is 5.75 Å². The van der Waals surface area contributed by atoms with E-state index < -0.39 is 0 Å². The molecule has 0 spiro atoms. The summed E-state index contributed by atoms with van der Waals surface area (Å²) in [6.45, 7) is 7.54. The van der Waals surface area contributed by atoms with Crippen LogP contribution in [0.25, 0.3) is 0 Å². The summed E-state index contributed by atoms with van der Waals surface area (Å²) in [7, 11) is 0. The summed E-state index contributed by atoms with van der Waals surface area (Å²) in [4.78, 5) is 35.3. The quantitative estimate of drug-likeness (QED) is 0.633. The number of carbonyl (C=O) groups is 3. The SMILES string of the molecule is CCOc1ccc(NC(C)=O)cc1N(CCOC(C)=O)CCOC(C)=O. The summed E-state index contributed by atoms with van der Waals surface area (Å²) in [5.74, 6) is -0.317. The van der Waals surface area contributed by atoms with Gasteiger partial charge in [0.2, 0.25) is 5.91 Å². The van der Waals surface area contributed by atoms with E-state index in [1.165, 1.54) is 20.8 Å². The third-order valence-electron chi connectivity index (χ3n) is 3.25. The summed E-state index contributed by atoms with van der Waals surface area (Å²) in [6.07, 6.45) is 0. The van der Waals surface area contributed by atoms with Gasteiger partial charge in [-0.1, -0.05) is 0 Å². The molecule has 0 atom stereocenters. The van der Waals surface area contributed by atoms with Crippen LogP contribution in [0.1, 0.15) is 27.7 Å². The van der Waals surface area contributed by atoms with Gasteiger partial charge >= 0.3 is 11.9 Å². The fraction of sp³-hybridized carbons (Fsp3) is 0.500. The minimum absolute atomic E-state index is 0.172. The first-order valence-electron chi connectivity index (χ1n) is 8.39. The highest BCUT2D eigenvalue weighted by molar-refractivity contribution is 5.89. The Labute approximate surface area is 153 Å². The predicted molar refractivity (Wildman–Crippen MR) is 97.4 cm³/mol. The third kappa shape index (κ3) is 7.87. The van der Waals surface area contributed by atoms with E-state index in [4.69, 9.17) is 14.2 Å². The number of anilines is 2. The first kappa shape index (κ1) is 21.3. The summed E-state index contributed by atoms with van der Waals surface area (Å²) in [5.41, 5.74) is 1.32. The highest BCUT2D eigenvalue weighted by Gasteiger charge is 2.15. The molecule has 8 heteroatoms. The molecule has 8 nitrogen and oxygen atoms in total. The van der Waals surface area contributed by atoms with Crippen LogP contribution in [0.5, 0.6) is 5.75 Å². The van der Waals surface area contributed by atoms with Crippen LogP contribution in [0.3, 0.4) is 0 Å². The summed E-state index contributed by atoms with van der Waals surface area (Å²) < 4.78 is 15.7. The number of carbonyl (C=O) groups excluding carboxylic acids is 3. The molecule has 0 saturated heterocycles. The molecule has 1 aromatic rings. The highest BCUT2D eigenvalue weighted by Crippen LogP contribution is 2.31. The number of benzene rings is 1. The van der Waals surface area contributed by atoms with Crippen molar-refractivity contribution in [3.63, 3.8) is 0 Å². The van der Waals surface area contributed by atoms with Crippen molar-refractivity contribution in [1.29, 1.82) is 0 Å². The Kier molecular flexibility index (Phi) is 8.97. The van der Waals surface area contributed by atoms with E-state index in [0.717, 1.165) is 0 Å². The van der Waals surface area contributed by atoms with E-state index in [9.17, 15) is 14.4 Å². The number of hydrogen-bond acceptors (Lipinski definition) is 7. The summed E-state index contributed by atoms with van der Waals surface area (Å²) in [6, 6.07) is 5.27. The van der Waals surface area contributed by atoms with Gasteiger partial charge in [-0.3, -0.25) is 14.4 Å². The van der Waals surface area contributed by atoms with Gasteiger partial charge in [0, 0.05) is 26.5 Å². The monoisotopic (exact) mass is 366 g/mol. The largest absolute Gasteiger partial charge is 0.492 e. The smallest absolute Gasteiger partial charge is 0.302 e. The van der Waals surface area contributed by atoms with E-state index >= 15 is 0 Å². The minimum Gasteiger partial charge on any atom is -0.492 e. The van der Waals surface area contributed by atoms with Gasteiger partial charge in [0.15, 0.2) is 0 Å². The zero-order chi connectivity index (χ0) is 19.5. The number of nitrogens with zero attached hydrogens (tertiary/aromatic N) is 1. The molecule has 26 heavy (non-hydrogen) atoms. The lowest BCUT2D eigenvalue weighted by Gasteiger charge is -2.27. The number of nitrogens with one attached hydrogen (secondary N) is 1. The molecule has 0 fully saturated rings. The van der Waals surface area contributed by atoms with Crippen LogP contribution < -0.4 is 15.0 Å². The Hall–Kier alpha value is -2.77. The highest BCUT2D eigenvalue weighted by atomic mass is 16.5. The van der Waals surface area contributed by atoms with Gasteiger partial charge in [-0.2, -0.15) is 0 Å². The average molecular weight is 366 g/mol. The Morgan fingerprint density at radius 1 is 1.00 bits per heavy atom. The number of hydrogen-bond donors (Lipinski definition) is 1. The maximum atomic E-state index is 11.3. The number of esters is 2.